The van der Waals surface area contributed by atoms with E-state index in [1.54, 1.807) is 31.3 Å². The number of pyridine rings is 2. The molecule has 3 N–H and O–H groups in total. The summed E-state index contributed by atoms with van der Waals surface area (Å²) in [5.41, 5.74) is 1.77. The molecule has 13 heteroatoms. The number of carboxylic acid groups (broad SMARTS) is 1. The van der Waals surface area contributed by atoms with E-state index in [4.69, 9.17) is 4.98 Å². The third-order valence-electron chi connectivity index (χ3n) is 8.63. The predicted octanol–water partition coefficient (Wildman–Crippen LogP) is 5.90. The maximum atomic E-state index is 14.2. The minimum Gasteiger partial charge on any atom is -0.481 e. The molecule has 3 heterocycles. The van der Waals surface area contributed by atoms with Crippen molar-refractivity contribution in [2.75, 3.05) is 20.6 Å². The number of halogens is 3. The zero-order valence-corrected chi connectivity index (χ0v) is 28.7. The Bertz CT molecular complexity index is 2020. The lowest BCUT2D eigenvalue weighted by atomic mass is 9.94. The first-order chi connectivity index (χ1) is 23.6. The first-order valence-electron chi connectivity index (χ1n) is 16.6. The second-order valence-corrected chi connectivity index (χ2v) is 13.6. The number of carboxylic acids is 1. The number of alkyl halides is 3. The van der Waals surface area contributed by atoms with Gasteiger partial charge in [0.2, 0.25) is 5.91 Å². The van der Waals surface area contributed by atoms with Crippen LogP contribution < -0.4 is 10.9 Å². The number of aromatic amines is 1. The summed E-state index contributed by atoms with van der Waals surface area (Å²) >= 11 is 0. The maximum Gasteiger partial charge on any atom is 0.416 e. The highest BCUT2D eigenvalue weighted by Crippen LogP contribution is 2.35. The van der Waals surface area contributed by atoms with Crippen LogP contribution in [0.4, 0.5) is 13.2 Å². The highest BCUT2D eigenvalue weighted by molar-refractivity contribution is 5.96. The lowest BCUT2D eigenvalue weighted by Gasteiger charge is -2.26. The van der Waals surface area contributed by atoms with Gasteiger partial charge >= 0.3 is 12.1 Å². The van der Waals surface area contributed by atoms with Crippen LogP contribution in [0, 0.1) is 30.6 Å². The number of carbonyl (C=O) groups is 2. The molecule has 50 heavy (non-hydrogen) atoms. The van der Waals surface area contributed by atoms with E-state index in [0.29, 0.717) is 17.3 Å². The van der Waals surface area contributed by atoms with Crippen molar-refractivity contribution >= 4 is 22.8 Å². The molecule has 1 saturated carbocycles. The summed E-state index contributed by atoms with van der Waals surface area (Å²) in [5.74, 6) is 4.51. The summed E-state index contributed by atoms with van der Waals surface area (Å²) < 4.78 is 43.0. The van der Waals surface area contributed by atoms with E-state index in [0.717, 1.165) is 45.6 Å². The summed E-state index contributed by atoms with van der Waals surface area (Å²) in [4.78, 5) is 46.1. The van der Waals surface area contributed by atoms with Gasteiger partial charge in [0.25, 0.3) is 5.56 Å². The molecular weight excluding hydrogens is 649 g/mol. The van der Waals surface area contributed by atoms with Crippen LogP contribution in [-0.4, -0.2) is 62.3 Å². The van der Waals surface area contributed by atoms with Gasteiger partial charge in [0.1, 0.15) is 11.7 Å². The van der Waals surface area contributed by atoms with Gasteiger partial charge in [0.05, 0.1) is 35.4 Å². The van der Waals surface area contributed by atoms with E-state index in [1.807, 2.05) is 39.0 Å². The Morgan fingerprint density at radius 3 is 2.56 bits per heavy atom. The van der Waals surface area contributed by atoms with Crippen molar-refractivity contribution in [1.82, 2.24) is 30.0 Å². The van der Waals surface area contributed by atoms with Gasteiger partial charge in [0, 0.05) is 30.1 Å². The van der Waals surface area contributed by atoms with Crippen molar-refractivity contribution in [1.29, 1.82) is 0 Å². The molecule has 4 aromatic rings. The molecule has 0 radical (unpaired) electrons. The van der Waals surface area contributed by atoms with Crippen molar-refractivity contribution in [3.63, 3.8) is 0 Å². The van der Waals surface area contributed by atoms with Crippen molar-refractivity contribution in [3.05, 3.63) is 81.2 Å². The Labute approximate surface area is 288 Å². The van der Waals surface area contributed by atoms with Crippen molar-refractivity contribution < 1.29 is 27.9 Å². The summed E-state index contributed by atoms with van der Waals surface area (Å²) in [5, 5.41) is 20.8. The summed E-state index contributed by atoms with van der Waals surface area (Å²) in [6, 6.07) is 5.55. The number of H-pyrrole nitrogens is 1. The molecule has 0 saturated heterocycles. The van der Waals surface area contributed by atoms with Gasteiger partial charge in [0.15, 0.2) is 0 Å². The first kappa shape index (κ1) is 36.3. The SMILES string of the molecule is Cc1ccc2[nH]ncc2c1-c1cc(C#CC2CC2)nc([C@H](CC(=O)O)NC(=O)[C@H](CC(C)C)n2cc(CCN(C)C)c(C(F)(F)F)cc2=O)c1. The van der Waals surface area contributed by atoms with Crippen molar-refractivity contribution in [2.45, 2.75) is 71.1 Å². The number of nitrogens with one attached hydrogen (secondary N) is 2. The van der Waals surface area contributed by atoms with Crippen LogP contribution >= 0.6 is 0 Å². The molecule has 10 nitrogen and oxygen atoms in total. The van der Waals surface area contributed by atoms with Crippen molar-refractivity contribution in [2.24, 2.45) is 11.8 Å². The second-order valence-electron chi connectivity index (χ2n) is 13.6. The van der Waals surface area contributed by atoms with Gasteiger partial charge in [-0.3, -0.25) is 19.5 Å². The van der Waals surface area contributed by atoms with E-state index in [2.05, 4.69) is 27.4 Å². The second kappa shape index (κ2) is 14.9. The van der Waals surface area contributed by atoms with E-state index >= 15 is 0 Å². The number of amides is 1. The molecule has 5 rings (SSSR count). The van der Waals surface area contributed by atoms with Crippen molar-refractivity contribution in [3.8, 4) is 23.0 Å². The quantitative estimate of drug-likeness (QED) is 0.158. The fourth-order valence-corrected chi connectivity index (χ4v) is 5.96. The molecule has 1 aromatic carbocycles. The Kier molecular flexibility index (Phi) is 10.8. The maximum absolute atomic E-state index is 14.2. The molecule has 1 aliphatic rings. The Balaban J connectivity index is 1.59. The van der Waals surface area contributed by atoms with Gasteiger partial charge in [-0.25, -0.2) is 4.98 Å². The largest absolute Gasteiger partial charge is 0.481 e. The van der Waals surface area contributed by atoms with Gasteiger partial charge in [-0.2, -0.15) is 18.3 Å². The minimum absolute atomic E-state index is 0.00992. The van der Waals surface area contributed by atoms with E-state index < -0.39 is 47.7 Å². The summed E-state index contributed by atoms with van der Waals surface area (Å²) in [6.45, 7) is 5.87. The number of likely N-dealkylation sites (N-methyl/N-ethyl adjacent to an activating group) is 1. The van der Waals surface area contributed by atoms with Gasteiger partial charge in [-0.15, -0.1) is 0 Å². The minimum atomic E-state index is -4.77. The number of rotatable bonds is 12. The monoisotopic (exact) mass is 690 g/mol. The van der Waals surface area contributed by atoms with E-state index in [9.17, 15) is 32.7 Å². The molecule has 0 bridgehead atoms. The fraction of sp³-hybridized carbons (Fsp3) is 0.432. The molecule has 264 valence electrons. The first-order valence-corrected chi connectivity index (χ1v) is 16.6. The highest BCUT2D eigenvalue weighted by Gasteiger charge is 2.36. The van der Waals surface area contributed by atoms with Gasteiger partial charge < -0.3 is 19.9 Å². The molecule has 2 atom stereocenters. The standard InChI is InChI=1S/C37H41F3N6O4/c1-21(2)14-32(46-20-24(12-13-45(4)5)28(17-33(46)47)37(38,39)40)36(50)43-31(18-34(48)49)30-16-25(15-26(42-30)10-9-23-7-8-23)35-22(3)6-11-29-27(35)19-41-44-29/h6,11,15-17,19-21,23,31-32H,7-8,12-14,18H2,1-5H3,(H,41,44)(H,43,50)(H,48,49)/t31-,32-/m0/s1. The Morgan fingerprint density at radius 1 is 1.18 bits per heavy atom. The molecule has 3 aromatic heterocycles. The number of nitrogens with zero attached hydrogens (tertiary/aromatic N) is 4. The van der Waals surface area contributed by atoms with Crippen LogP contribution in [0.2, 0.25) is 0 Å². The van der Waals surface area contributed by atoms with Crippen LogP contribution in [0.5, 0.6) is 0 Å². The molecule has 1 aliphatic carbocycles. The Hall–Kier alpha value is -4.96. The average Bonchev–Trinajstić information content (AvgIpc) is 3.75. The lowest BCUT2D eigenvalue weighted by Crippen LogP contribution is -2.41. The van der Waals surface area contributed by atoms with Crippen LogP contribution in [0.1, 0.15) is 79.7 Å². The third kappa shape index (κ3) is 8.79. The Morgan fingerprint density at radius 2 is 1.92 bits per heavy atom. The molecule has 1 amide bonds. The number of hydrogen-bond donors (Lipinski definition) is 3. The number of aromatic nitrogens is 4. The average molecular weight is 691 g/mol. The third-order valence-corrected chi connectivity index (χ3v) is 8.63. The number of aryl methyl sites for hydroxylation is 1. The van der Waals surface area contributed by atoms with Crippen LogP contribution in [0.3, 0.4) is 0 Å². The number of benzene rings is 1. The smallest absolute Gasteiger partial charge is 0.416 e. The van der Waals surface area contributed by atoms with Crippen LogP contribution in [-0.2, 0) is 22.2 Å². The molecule has 0 spiro atoms. The summed E-state index contributed by atoms with van der Waals surface area (Å²) in [7, 11) is 3.45. The number of hydrogen-bond acceptors (Lipinski definition) is 6. The van der Waals surface area contributed by atoms with Gasteiger partial charge in [-0.1, -0.05) is 25.8 Å². The number of carbonyl (C=O) groups excluding carboxylic acids is 1. The van der Waals surface area contributed by atoms with Crippen LogP contribution in [0.15, 0.2) is 47.5 Å². The highest BCUT2D eigenvalue weighted by atomic mass is 19.4. The zero-order valence-electron chi connectivity index (χ0n) is 28.7. The predicted molar refractivity (Wildman–Crippen MR) is 183 cm³/mol. The van der Waals surface area contributed by atoms with Gasteiger partial charge in [-0.05, 0) is 99.0 Å². The number of aliphatic carboxylic acids is 1. The lowest BCUT2D eigenvalue weighted by molar-refractivity contribution is -0.139. The van der Waals surface area contributed by atoms with Crippen LogP contribution in [0.25, 0.3) is 22.0 Å². The van der Waals surface area contributed by atoms with E-state index in [-0.39, 0.29) is 42.5 Å². The molecular formula is C37H41F3N6O4. The summed E-state index contributed by atoms with van der Waals surface area (Å²) in [6.07, 6.45) is -0.415. The number of fused-ring (bicyclic) bond motifs is 1. The van der Waals surface area contributed by atoms with E-state index in [1.165, 1.54) is 0 Å². The molecule has 1 fully saturated rings. The molecule has 0 unspecified atom stereocenters. The fourth-order valence-electron chi connectivity index (χ4n) is 5.96. The normalized spacial score (nSPS) is 14.4. The molecule has 0 aliphatic heterocycles. The zero-order chi connectivity index (χ0) is 36.3. The topological polar surface area (TPSA) is 133 Å².